The van der Waals surface area contributed by atoms with Crippen LogP contribution in [0.4, 0.5) is 10.5 Å². The van der Waals surface area contributed by atoms with Crippen LogP contribution in [0.3, 0.4) is 0 Å². The molecular weight excluding hydrogens is 304 g/mol. The fraction of sp³-hybridized carbons (Fsp3) is 0.105. The van der Waals surface area contributed by atoms with Crippen molar-refractivity contribution in [2.24, 2.45) is 0 Å². The van der Waals surface area contributed by atoms with E-state index >= 15 is 0 Å². The van der Waals surface area contributed by atoms with Crippen LogP contribution in [-0.4, -0.2) is 17.7 Å². The van der Waals surface area contributed by atoms with Gasteiger partial charge >= 0.3 is 6.03 Å². The third-order valence-electron chi connectivity index (χ3n) is 3.58. The molecule has 0 spiro atoms. The lowest BCUT2D eigenvalue weighted by atomic mass is 10.1. The Morgan fingerprint density at radius 2 is 1.67 bits per heavy atom. The van der Waals surface area contributed by atoms with Crippen LogP contribution in [0.15, 0.2) is 77.4 Å². The van der Waals surface area contributed by atoms with Crippen molar-refractivity contribution in [3.05, 3.63) is 78.8 Å². The molecule has 3 N–H and O–H groups in total. The highest BCUT2D eigenvalue weighted by atomic mass is 16.4. The molecule has 0 aliphatic heterocycles. The van der Waals surface area contributed by atoms with Crippen molar-refractivity contribution in [2.75, 3.05) is 11.9 Å². The smallest absolute Gasteiger partial charge is 0.319 e. The number of rotatable bonds is 5. The first-order chi connectivity index (χ1) is 11.7. The highest BCUT2D eigenvalue weighted by Gasteiger charge is 2.11. The molecule has 1 heterocycles. The van der Waals surface area contributed by atoms with Crippen LogP contribution >= 0.6 is 0 Å². The molecule has 2 aromatic carbocycles. The zero-order chi connectivity index (χ0) is 16.8. The summed E-state index contributed by atoms with van der Waals surface area (Å²) >= 11 is 0. The fourth-order valence-corrected chi connectivity index (χ4v) is 2.32. The SMILES string of the molecule is O=C(NCC(O)c1ccco1)Nc1ccc(-c2ccccc2)cc1. The number of carbonyl (C=O) groups is 1. The second kappa shape index (κ2) is 7.48. The van der Waals surface area contributed by atoms with Crippen molar-refractivity contribution in [3.8, 4) is 11.1 Å². The van der Waals surface area contributed by atoms with Crippen LogP contribution in [0.25, 0.3) is 11.1 Å². The topological polar surface area (TPSA) is 74.5 Å². The Balaban J connectivity index is 1.53. The molecule has 0 saturated heterocycles. The molecule has 3 aromatic rings. The average molecular weight is 322 g/mol. The van der Waals surface area contributed by atoms with Crippen LogP contribution in [0, 0.1) is 0 Å². The number of anilines is 1. The van der Waals surface area contributed by atoms with E-state index in [4.69, 9.17) is 4.42 Å². The van der Waals surface area contributed by atoms with Crippen molar-refractivity contribution >= 4 is 11.7 Å². The van der Waals surface area contributed by atoms with Crippen molar-refractivity contribution in [1.29, 1.82) is 0 Å². The predicted molar refractivity (Wildman–Crippen MR) is 92.6 cm³/mol. The first-order valence-electron chi connectivity index (χ1n) is 7.64. The lowest BCUT2D eigenvalue weighted by molar-refractivity contribution is 0.149. The summed E-state index contributed by atoms with van der Waals surface area (Å²) in [6.07, 6.45) is 0.610. The summed E-state index contributed by atoms with van der Waals surface area (Å²) in [7, 11) is 0. The Hall–Kier alpha value is -3.05. The van der Waals surface area contributed by atoms with Gasteiger partial charge in [-0.2, -0.15) is 0 Å². The van der Waals surface area contributed by atoms with Gasteiger partial charge in [0.05, 0.1) is 12.8 Å². The molecule has 0 bridgehead atoms. The first-order valence-corrected chi connectivity index (χ1v) is 7.64. The maximum Gasteiger partial charge on any atom is 0.319 e. The Morgan fingerprint density at radius 1 is 0.958 bits per heavy atom. The highest BCUT2D eigenvalue weighted by molar-refractivity contribution is 5.89. The highest BCUT2D eigenvalue weighted by Crippen LogP contribution is 2.21. The van der Waals surface area contributed by atoms with Crippen LogP contribution in [0.1, 0.15) is 11.9 Å². The molecule has 122 valence electrons. The number of carbonyl (C=O) groups excluding carboxylic acids is 1. The van der Waals surface area contributed by atoms with Crippen molar-refractivity contribution in [3.63, 3.8) is 0 Å². The Morgan fingerprint density at radius 3 is 2.33 bits per heavy atom. The maximum atomic E-state index is 11.9. The summed E-state index contributed by atoms with van der Waals surface area (Å²) < 4.78 is 5.08. The molecule has 0 fully saturated rings. The van der Waals surface area contributed by atoms with E-state index in [9.17, 15) is 9.90 Å². The zero-order valence-electron chi connectivity index (χ0n) is 13.0. The lowest BCUT2D eigenvalue weighted by Gasteiger charge is -2.11. The van der Waals surface area contributed by atoms with Gasteiger partial charge in [-0.15, -0.1) is 0 Å². The number of hydrogen-bond acceptors (Lipinski definition) is 3. The standard InChI is InChI=1S/C19H18N2O3/c22-17(18-7-4-12-24-18)13-20-19(23)21-16-10-8-15(9-11-16)14-5-2-1-3-6-14/h1-12,17,22H,13H2,(H2,20,21,23). The maximum absolute atomic E-state index is 11.9. The van der Waals surface area contributed by atoms with Gasteiger partial charge in [0.1, 0.15) is 11.9 Å². The molecule has 0 saturated carbocycles. The van der Waals surface area contributed by atoms with Crippen LogP contribution in [-0.2, 0) is 0 Å². The number of furan rings is 1. The molecule has 1 atom stereocenters. The molecule has 0 aliphatic carbocycles. The number of aliphatic hydroxyl groups is 1. The van der Waals surface area contributed by atoms with Gasteiger partial charge in [-0.05, 0) is 35.4 Å². The Bertz CT molecular complexity index is 768. The van der Waals surface area contributed by atoms with Gasteiger partial charge in [-0.25, -0.2) is 4.79 Å². The molecular formula is C19H18N2O3. The number of amides is 2. The van der Waals surface area contributed by atoms with Crippen LogP contribution < -0.4 is 10.6 Å². The second-order valence-electron chi connectivity index (χ2n) is 5.31. The number of aliphatic hydroxyl groups excluding tert-OH is 1. The number of nitrogens with one attached hydrogen (secondary N) is 2. The Labute approximate surface area is 139 Å². The summed E-state index contributed by atoms with van der Waals surface area (Å²) in [5.74, 6) is 0.419. The number of urea groups is 1. The van der Waals surface area contributed by atoms with Gasteiger partial charge in [0, 0.05) is 5.69 Å². The minimum absolute atomic E-state index is 0.0709. The summed E-state index contributed by atoms with van der Waals surface area (Å²) in [6, 6.07) is 20.5. The number of hydrogen-bond donors (Lipinski definition) is 3. The average Bonchev–Trinajstić information content (AvgIpc) is 3.16. The van der Waals surface area contributed by atoms with Crippen molar-refractivity contribution < 1.29 is 14.3 Å². The fourth-order valence-electron chi connectivity index (χ4n) is 2.32. The molecule has 1 aromatic heterocycles. The summed E-state index contributed by atoms with van der Waals surface area (Å²) in [4.78, 5) is 11.9. The van der Waals surface area contributed by atoms with Crippen molar-refractivity contribution in [1.82, 2.24) is 5.32 Å². The number of benzene rings is 2. The molecule has 5 nitrogen and oxygen atoms in total. The molecule has 2 amide bonds. The van der Waals surface area contributed by atoms with E-state index in [1.807, 2.05) is 54.6 Å². The minimum atomic E-state index is -0.869. The third-order valence-corrected chi connectivity index (χ3v) is 3.58. The van der Waals surface area contributed by atoms with Gasteiger partial charge in [-0.1, -0.05) is 42.5 Å². The molecule has 3 rings (SSSR count). The molecule has 0 radical (unpaired) electrons. The van der Waals surface area contributed by atoms with Crippen LogP contribution in [0.2, 0.25) is 0 Å². The lowest BCUT2D eigenvalue weighted by Crippen LogP contribution is -2.32. The minimum Gasteiger partial charge on any atom is -0.467 e. The normalized spacial score (nSPS) is 11.7. The molecule has 24 heavy (non-hydrogen) atoms. The predicted octanol–water partition coefficient (Wildman–Crippen LogP) is 3.80. The second-order valence-corrected chi connectivity index (χ2v) is 5.31. The zero-order valence-corrected chi connectivity index (χ0v) is 13.0. The van der Waals surface area contributed by atoms with Gasteiger partial charge in [0.15, 0.2) is 0 Å². The van der Waals surface area contributed by atoms with E-state index in [-0.39, 0.29) is 12.6 Å². The van der Waals surface area contributed by atoms with Crippen molar-refractivity contribution in [2.45, 2.75) is 6.10 Å². The summed E-state index contributed by atoms with van der Waals surface area (Å²) in [5.41, 5.74) is 2.88. The van der Waals surface area contributed by atoms with E-state index in [1.54, 1.807) is 12.1 Å². The molecule has 1 unspecified atom stereocenters. The summed E-state index contributed by atoms with van der Waals surface area (Å²) in [5, 5.41) is 15.2. The van der Waals surface area contributed by atoms with Gasteiger partial charge in [-0.3, -0.25) is 0 Å². The van der Waals surface area contributed by atoms with Gasteiger partial charge < -0.3 is 20.2 Å². The largest absolute Gasteiger partial charge is 0.467 e. The summed E-state index contributed by atoms with van der Waals surface area (Å²) in [6.45, 7) is 0.0709. The quantitative estimate of drug-likeness (QED) is 0.669. The molecule has 5 heteroatoms. The third kappa shape index (κ3) is 4.02. The van der Waals surface area contributed by atoms with Gasteiger partial charge in [0.2, 0.25) is 0 Å². The van der Waals surface area contributed by atoms with E-state index in [2.05, 4.69) is 10.6 Å². The first kappa shape index (κ1) is 15.8. The molecule has 0 aliphatic rings. The van der Waals surface area contributed by atoms with Gasteiger partial charge in [0.25, 0.3) is 0 Å². The Kier molecular flexibility index (Phi) is 4.93. The van der Waals surface area contributed by atoms with E-state index in [0.29, 0.717) is 11.4 Å². The van der Waals surface area contributed by atoms with E-state index < -0.39 is 6.10 Å². The van der Waals surface area contributed by atoms with Crippen LogP contribution in [0.5, 0.6) is 0 Å². The van der Waals surface area contributed by atoms with E-state index in [1.165, 1.54) is 6.26 Å². The monoisotopic (exact) mass is 322 g/mol. The van der Waals surface area contributed by atoms with E-state index in [0.717, 1.165) is 11.1 Å².